The minimum Gasteiger partial charge on any atom is -0.294 e. The van der Waals surface area contributed by atoms with Gasteiger partial charge in [-0.1, -0.05) is 41.9 Å². The molecular formula is C13H13ClN2O. The number of hydrogen-bond donors (Lipinski definition) is 0. The number of aryl methyl sites for hydroxylation is 1. The van der Waals surface area contributed by atoms with Crippen LogP contribution in [0.4, 0.5) is 0 Å². The highest BCUT2D eigenvalue weighted by molar-refractivity contribution is 6.31. The van der Waals surface area contributed by atoms with Gasteiger partial charge in [0.2, 0.25) is 0 Å². The minimum atomic E-state index is 0.128. The summed E-state index contributed by atoms with van der Waals surface area (Å²) in [6, 6.07) is 9.28. The second kappa shape index (κ2) is 5.15. The Labute approximate surface area is 105 Å². The number of carbonyl (C=O) groups excluding carboxylic acids is 1. The van der Waals surface area contributed by atoms with E-state index >= 15 is 0 Å². The molecule has 0 radical (unpaired) electrons. The second-order valence-corrected chi connectivity index (χ2v) is 4.26. The van der Waals surface area contributed by atoms with Gasteiger partial charge in [0.15, 0.2) is 5.78 Å². The van der Waals surface area contributed by atoms with Crippen molar-refractivity contribution in [2.24, 2.45) is 7.05 Å². The Kier molecular flexibility index (Phi) is 3.59. The second-order valence-electron chi connectivity index (χ2n) is 3.85. The summed E-state index contributed by atoms with van der Waals surface area (Å²) in [6.45, 7) is 0. The van der Waals surface area contributed by atoms with Gasteiger partial charge in [0.1, 0.15) is 0 Å². The molecule has 1 aromatic carbocycles. The first kappa shape index (κ1) is 11.9. The van der Waals surface area contributed by atoms with Crippen LogP contribution in [0.5, 0.6) is 0 Å². The molecule has 0 saturated heterocycles. The molecule has 17 heavy (non-hydrogen) atoms. The number of carbonyl (C=O) groups is 1. The first-order valence-electron chi connectivity index (χ1n) is 5.43. The number of nitrogens with zero attached hydrogens (tertiary/aromatic N) is 2. The Bertz CT molecular complexity index is 500. The van der Waals surface area contributed by atoms with Crippen molar-refractivity contribution in [1.82, 2.24) is 9.78 Å². The van der Waals surface area contributed by atoms with E-state index in [0.29, 0.717) is 17.9 Å². The van der Waals surface area contributed by atoms with Crippen LogP contribution in [-0.4, -0.2) is 15.6 Å². The first-order chi connectivity index (χ1) is 8.18. The van der Waals surface area contributed by atoms with E-state index in [2.05, 4.69) is 5.10 Å². The number of benzene rings is 1. The maximum atomic E-state index is 11.9. The summed E-state index contributed by atoms with van der Waals surface area (Å²) in [5.41, 5.74) is 1.64. The van der Waals surface area contributed by atoms with Crippen LogP contribution in [0.1, 0.15) is 22.5 Å². The van der Waals surface area contributed by atoms with E-state index in [-0.39, 0.29) is 5.78 Å². The quantitative estimate of drug-likeness (QED) is 0.780. The summed E-state index contributed by atoms with van der Waals surface area (Å²) in [6.07, 6.45) is 2.66. The van der Waals surface area contributed by atoms with Crippen molar-refractivity contribution in [3.05, 3.63) is 52.8 Å². The average Bonchev–Trinajstić information content (AvgIpc) is 2.67. The van der Waals surface area contributed by atoms with Crippen LogP contribution in [0.15, 0.2) is 36.5 Å². The van der Waals surface area contributed by atoms with Gasteiger partial charge in [-0.3, -0.25) is 9.48 Å². The van der Waals surface area contributed by atoms with Crippen LogP contribution >= 0.6 is 11.6 Å². The molecule has 1 aromatic heterocycles. The Morgan fingerprint density at radius 1 is 1.35 bits per heavy atom. The van der Waals surface area contributed by atoms with E-state index in [1.807, 2.05) is 37.4 Å². The molecule has 0 aliphatic carbocycles. The van der Waals surface area contributed by atoms with Crippen molar-refractivity contribution < 1.29 is 4.79 Å². The molecule has 3 nitrogen and oxygen atoms in total. The zero-order valence-electron chi connectivity index (χ0n) is 9.56. The number of ketones is 1. The molecule has 0 amide bonds. The molecule has 0 spiro atoms. The molecule has 2 aromatic rings. The maximum absolute atomic E-state index is 11.9. The van der Waals surface area contributed by atoms with Gasteiger partial charge in [0.05, 0.1) is 16.9 Å². The average molecular weight is 249 g/mol. The molecule has 0 saturated carbocycles. The van der Waals surface area contributed by atoms with Crippen LogP contribution < -0.4 is 0 Å². The molecule has 2 rings (SSSR count). The lowest BCUT2D eigenvalue weighted by Crippen LogP contribution is -2.04. The Morgan fingerprint density at radius 3 is 2.65 bits per heavy atom. The number of Topliss-reactive ketones (excluding diaryl/α,β-unsaturated/α-hetero) is 1. The summed E-state index contributed by atoms with van der Waals surface area (Å²) in [4.78, 5) is 11.9. The predicted octanol–water partition coefficient (Wildman–Crippen LogP) is 2.89. The highest BCUT2D eigenvalue weighted by Crippen LogP contribution is 2.16. The highest BCUT2D eigenvalue weighted by atomic mass is 35.5. The molecular weight excluding hydrogens is 236 g/mol. The van der Waals surface area contributed by atoms with E-state index < -0.39 is 0 Å². The fourth-order valence-corrected chi connectivity index (χ4v) is 1.98. The summed E-state index contributed by atoms with van der Waals surface area (Å²) in [5, 5.41) is 4.66. The Balaban J connectivity index is 2.02. The van der Waals surface area contributed by atoms with Crippen LogP contribution in [0.3, 0.4) is 0 Å². The largest absolute Gasteiger partial charge is 0.294 e. The monoisotopic (exact) mass is 248 g/mol. The number of halogens is 1. The lowest BCUT2D eigenvalue weighted by Gasteiger charge is -2.03. The third-order valence-electron chi connectivity index (χ3n) is 2.70. The molecule has 0 bridgehead atoms. The van der Waals surface area contributed by atoms with Gasteiger partial charge >= 0.3 is 0 Å². The normalized spacial score (nSPS) is 10.5. The van der Waals surface area contributed by atoms with Gasteiger partial charge in [0, 0.05) is 19.0 Å². The summed E-state index contributed by atoms with van der Waals surface area (Å²) in [7, 11) is 1.83. The van der Waals surface area contributed by atoms with E-state index in [9.17, 15) is 4.79 Å². The summed E-state index contributed by atoms with van der Waals surface area (Å²) in [5.74, 6) is 0.128. The minimum absolute atomic E-state index is 0.128. The van der Waals surface area contributed by atoms with Crippen LogP contribution in [0.25, 0.3) is 0 Å². The predicted molar refractivity (Wildman–Crippen MR) is 67.3 cm³/mol. The van der Waals surface area contributed by atoms with Crippen molar-refractivity contribution in [3.63, 3.8) is 0 Å². The van der Waals surface area contributed by atoms with Crippen molar-refractivity contribution in [1.29, 1.82) is 0 Å². The van der Waals surface area contributed by atoms with E-state index in [1.165, 1.54) is 0 Å². The van der Waals surface area contributed by atoms with Crippen molar-refractivity contribution in [3.8, 4) is 0 Å². The molecule has 0 fully saturated rings. The number of aromatic nitrogens is 2. The standard InChI is InChI=1S/C13H13ClN2O/c1-16-12(11(14)9-15-16)7-8-13(17)10-5-3-2-4-6-10/h2-6,9H,7-8H2,1H3. The highest BCUT2D eigenvalue weighted by Gasteiger charge is 2.10. The van der Waals surface area contributed by atoms with E-state index in [4.69, 9.17) is 11.6 Å². The zero-order valence-corrected chi connectivity index (χ0v) is 10.3. The zero-order chi connectivity index (χ0) is 12.3. The number of hydrogen-bond acceptors (Lipinski definition) is 2. The summed E-state index contributed by atoms with van der Waals surface area (Å²) >= 11 is 5.98. The van der Waals surface area contributed by atoms with Gasteiger partial charge < -0.3 is 0 Å². The third kappa shape index (κ3) is 2.74. The molecule has 88 valence electrons. The lowest BCUT2D eigenvalue weighted by atomic mass is 10.1. The van der Waals surface area contributed by atoms with Gasteiger partial charge in [-0.2, -0.15) is 5.10 Å². The van der Waals surface area contributed by atoms with Crippen molar-refractivity contribution in [2.45, 2.75) is 12.8 Å². The molecule has 0 aliphatic heterocycles. The topological polar surface area (TPSA) is 34.9 Å². The van der Waals surface area contributed by atoms with Crippen molar-refractivity contribution in [2.75, 3.05) is 0 Å². The smallest absolute Gasteiger partial charge is 0.163 e. The molecule has 1 heterocycles. The lowest BCUT2D eigenvalue weighted by molar-refractivity contribution is 0.0982. The molecule has 0 N–H and O–H groups in total. The van der Waals surface area contributed by atoms with Crippen molar-refractivity contribution >= 4 is 17.4 Å². The SMILES string of the molecule is Cn1ncc(Cl)c1CCC(=O)c1ccccc1. The molecule has 0 unspecified atom stereocenters. The first-order valence-corrected chi connectivity index (χ1v) is 5.81. The van der Waals surface area contributed by atoms with Gasteiger partial charge in [-0.15, -0.1) is 0 Å². The fraction of sp³-hybridized carbons (Fsp3) is 0.231. The maximum Gasteiger partial charge on any atom is 0.163 e. The Morgan fingerprint density at radius 2 is 2.06 bits per heavy atom. The fourth-order valence-electron chi connectivity index (χ4n) is 1.72. The van der Waals surface area contributed by atoms with Crippen LogP contribution in [0, 0.1) is 0 Å². The molecule has 0 aliphatic rings. The van der Waals surface area contributed by atoms with Crippen LogP contribution in [-0.2, 0) is 13.5 Å². The van der Waals surface area contributed by atoms with Gasteiger partial charge in [0.25, 0.3) is 0 Å². The van der Waals surface area contributed by atoms with E-state index in [0.717, 1.165) is 11.3 Å². The molecule has 0 atom stereocenters. The number of rotatable bonds is 4. The summed E-state index contributed by atoms with van der Waals surface area (Å²) < 4.78 is 1.71. The van der Waals surface area contributed by atoms with Gasteiger partial charge in [-0.25, -0.2) is 0 Å². The third-order valence-corrected chi connectivity index (χ3v) is 3.01. The van der Waals surface area contributed by atoms with Crippen LogP contribution in [0.2, 0.25) is 5.02 Å². The molecule has 4 heteroatoms. The van der Waals surface area contributed by atoms with E-state index in [1.54, 1.807) is 10.9 Å². The van der Waals surface area contributed by atoms with Gasteiger partial charge in [-0.05, 0) is 6.42 Å². The Hall–Kier alpha value is -1.61.